The maximum absolute atomic E-state index is 12.4. The monoisotopic (exact) mass is 383 g/mol. The highest BCUT2D eigenvalue weighted by Crippen LogP contribution is 2.33. The first kappa shape index (κ1) is 21.2. The predicted molar refractivity (Wildman–Crippen MR) is 109 cm³/mol. The van der Waals surface area contributed by atoms with Gasteiger partial charge in [-0.3, -0.25) is 0 Å². The molecule has 0 fully saturated rings. The lowest BCUT2D eigenvalue weighted by molar-refractivity contribution is 0.0375. The van der Waals surface area contributed by atoms with Gasteiger partial charge in [0.1, 0.15) is 17.5 Å². The van der Waals surface area contributed by atoms with Crippen LogP contribution in [0.1, 0.15) is 52.5 Å². The van der Waals surface area contributed by atoms with Crippen LogP contribution in [0.15, 0.2) is 41.6 Å². The van der Waals surface area contributed by atoms with E-state index in [0.717, 1.165) is 5.56 Å². The molecule has 0 aliphatic heterocycles. The summed E-state index contributed by atoms with van der Waals surface area (Å²) in [6.45, 7) is 7.20. The molecule has 0 amide bonds. The second-order valence-electron chi connectivity index (χ2n) is 6.74. The molecule has 6 nitrogen and oxygen atoms in total. The van der Waals surface area contributed by atoms with E-state index in [1.165, 1.54) is 13.2 Å². The molecule has 0 saturated heterocycles. The second-order valence-corrected chi connectivity index (χ2v) is 6.74. The minimum Gasteiger partial charge on any atom is -0.508 e. The highest BCUT2D eigenvalue weighted by atomic mass is 16.5. The molecule has 0 aliphatic rings. The Balaban J connectivity index is 2.46. The summed E-state index contributed by atoms with van der Waals surface area (Å²) >= 11 is 0. The van der Waals surface area contributed by atoms with Gasteiger partial charge in [0, 0.05) is 16.7 Å². The van der Waals surface area contributed by atoms with E-state index < -0.39 is 12.0 Å². The number of rotatable bonds is 7. The van der Waals surface area contributed by atoms with Crippen LogP contribution in [0, 0.1) is 18.8 Å². The average molecular weight is 383 g/mol. The Morgan fingerprint density at radius 2 is 1.89 bits per heavy atom. The number of esters is 1. The van der Waals surface area contributed by atoms with E-state index in [1.807, 2.05) is 6.92 Å². The summed E-state index contributed by atoms with van der Waals surface area (Å²) in [6.07, 6.45) is 3.06. The van der Waals surface area contributed by atoms with Crippen molar-refractivity contribution in [3.05, 3.63) is 69.1 Å². The number of phenols is 1. The molecule has 0 bridgehead atoms. The number of hydrogen-bond acceptors (Lipinski definition) is 6. The van der Waals surface area contributed by atoms with Gasteiger partial charge in [0.15, 0.2) is 0 Å². The molecular weight excluding hydrogens is 358 g/mol. The molecule has 148 valence electrons. The first-order valence-corrected chi connectivity index (χ1v) is 8.97. The van der Waals surface area contributed by atoms with Crippen molar-refractivity contribution in [2.24, 2.45) is 5.18 Å². The average Bonchev–Trinajstić information content (AvgIpc) is 2.62. The Hall–Kier alpha value is -3.15. The number of ether oxygens (including phenoxy) is 2. The van der Waals surface area contributed by atoms with Gasteiger partial charge in [-0.15, -0.1) is 4.91 Å². The summed E-state index contributed by atoms with van der Waals surface area (Å²) in [5.41, 5.74) is 2.97. The summed E-state index contributed by atoms with van der Waals surface area (Å²) in [4.78, 5) is 23.7. The van der Waals surface area contributed by atoms with Gasteiger partial charge in [0.2, 0.25) is 0 Å². The van der Waals surface area contributed by atoms with Gasteiger partial charge in [-0.25, -0.2) is 4.79 Å². The maximum Gasteiger partial charge on any atom is 0.339 e. The molecular formula is C22H25NO5. The van der Waals surface area contributed by atoms with Crippen LogP contribution in [0.3, 0.4) is 0 Å². The number of phenolic OH excluding ortho intramolecular Hbond substituents is 1. The third kappa shape index (κ3) is 4.57. The number of aromatic hydroxyl groups is 1. The van der Waals surface area contributed by atoms with Gasteiger partial charge in [0.25, 0.3) is 0 Å². The first-order chi connectivity index (χ1) is 13.3. The Labute approximate surface area is 164 Å². The highest BCUT2D eigenvalue weighted by Gasteiger charge is 2.21. The second kappa shape index (κ2) is 9.17. The van der Waals surface area contributed by atoms with Crippen LogP contribution in [-0.2, 0) is 4.74 Å². The Morgan fingerprint density at radius 1 is 1.21 bits per heavy atom. The van der Waals surface area contributed by atoms with Crippen molar-refractivity contribution in [1.82, 2.24) is 0 Å². The van der Waals surface area contributed by atoms with Gasteiger partial charge >= 0.3 is 5.97 Å². The number of aryl methyl sites for hydroxylation is 1. The summed E-state index contributed by atoms with van der Waals surface area (Å²) < 4.78 is 10.8. The Kier molecular flexibility index (Phi) is 6.93. The summed E-state index contributed by atoms with van der Waals surface area (Å²) in [5.74, 6) is 0.114. The molecule has 28 heavy (non-hydrogen) atoms. The van der Waals surface area contributed by atoms with Crippen molar-refractivity contribution in [3.8, 4) is 11.5 Å². The van der Waals surface area contributed by atoms with Crippen LogP contribution in [-0.4, -0.2) is 24.3 Å². The molecule has 0 spiro atoms. The Morgan fingerprint density at radius 3 is 2.46 bits per heavy atom. The minimum atomic E-state index is -0.850. The van der Waals surface area contributed by atoms with Crippen LogP contribution >= 0.6 is 0 Å². The van der Waals surface area contributed by atoms with E-state index in [-0.39, 0.29) is 11.9 Å². The van der Waals surface area contributed by atoms with Crippen LogP contribution in [0.2, 0.25) is 0 Å². The van der Waals surface area contributed by atoms with E-state index in [1.54, 1.807) is 57.2 Å². The third-order valence-electron chi connectivity index (χ3n) is 4.32. The van der Waals surface area contributed by atoms with Gasteiger partial charge in [-0.05, 0) is 45.4 Å². The summed E-state index contributed by atoms with van der Waals surface area (Å²) in [5, 5.41) is 13.1. The number of carbonyl (C=O) groups is 1. The molecule has 1 N–H and O–H groups in total. The largest absolute Gasteiger partial charge is 0.508 e. The van der Waals surface area contributed by atoms with E-state index >= 15 is 0 Å². The number of carbonyl (C=O) groups excluding carboxylic acids is 1. The van der Waals surface area contributed by atoms with Crippen molar-refractivity contribution in [1.29, 1.82) is 0 Å². The lowest BCUT2D eigenvalue weighted by Gasteiger charge is -2.17. The number of nitroso groups, excluding NO2 is 1. The third-order valence-corrected chi connectivity index (χ3v) is 4.32. The van der Waals surface area contributed by atoms with Gasteiger partial charge in [-0.2, -0.15) is 0 Å². The molecule has 0 aliphatic carbocycles. The van der Waals surface area contributed by atoms with E-state index in [2.05, 4.69) is 5.18 Å². The zero-order valence-electron chi connectivity index (χ0n) is 16.7. The van der Waals surface area contributed by atoms with Crippen molar-refractivity contribution in [2.45, 2.75) is 39.8 Å². The predicted octanol–water partition coefficient (Wildman–Crippen LogP) is 5.10. The van der Waals surface area contributed by atoms with Crippen molar-refractivity contribution in [3.63, 3.8) is 0 Å². The molecule has 2 aromatic carbocycles. The standard InChI is InChI=1S/C22H25NO5/c1-13(2)28-22(25)20-14(3)12-16(21(27-5)15(20)4)10-11-18(23-26)17-8-6-7-9-19(17)24/h6-13,18,24H,1-5H3. The number of benzene rings is 2. The van der Waals surface area contributed by atoms with Crippen LogP contribution < -0.4 is 4.74 Å². The van der Waals surface area contributed by atoms with Gasteiger partial charge < -0.3 is 14.6 Å². The maximum atomic E-state index is 12.4. The normalized spacial score (nSPS) is 12.2. The lowest BCUT2D eigenvalue weighted by atomic mass is 9.96. The quantitative estimate of drug-likeness (QED) is 0.531. The zero-order valence-corrected chi connectivity index (χ0v) is 16.7. The first-order valence-electron chi connectivity index (χ1n) is 8.97. The topological polar surface area (TPSA) is 85.2 Å². The number of para-hydroxylation sites is 1. The highest BCUT2D eigenvalue weighted by molar-refractivity contribution is 5.94. The molecule has 0 heterocycles. The van der Waals surface area contributed by atoms with Crippen molar-refractivity contribution >= 4 is 12.0 Å². The number of methoxy groups -OCH3 is 1. The molecule has 2 rings (SSSR count). The van der Waals surface area contributed by atoms with E-state index in [0.29, 0.717) is 28.0 Å². The molecule has 0 aromatic heterocycles. The van der Waals surface area contributed by atoms with E-state index in [4.69, 9.17) is 9.47 Å². The molecule has 2 aromatic rings. The number of nitrogens with zero attached hydrogens (tertiary/aromatic N) is 1. The smallest absolute Gasteiger partial charge is 0.339 e. The van der Waals surface area contributed by atoms with Crippen LogP contribution in [0.5, 0.6) is 11.5 Å². The van der Waals surface area contributed by atoms with Crippen molar-refractivity contribution < 1.29 is 19.4 Å². The molecule has 1 unspecified atom stereocenters. The summed E-state index contributed by atoms with van der Waals surface area (Å²) in [6, 6.07) is 7.50. The van der Waals surface area contributed by atoms with Gasteiger partial charge in [0.05, 0.1) is 18.8 Å². The fraction of sp³-hybridized carbons (Fsp3) is 0.318. The lowest BCUT2D eigenvalue weighted by Crippen LogP contribution is -2.15. The fourth-order valence-electron chi connectivity index (χ4n) is 3.11. The fourth-order valence-corrected chi connectivity index (χ4v) is 3.11. The zero-order chi connectivity index (χ0) is 20.8. The molecule has 1 atom stereocenters. The van der Waals surface area contributed by atoms with Crippen molar-refractivity contribution in [2.75, 3.05) is 7.11 Å². The number of hydrogen-bond donors (Lipinski definition) is 1. The van der Waals surface area contributed by atoms with E-state index in [9.17, 15) is 14.8 Å². The van der Waals surface area contributed by atoms with Crippen LogP contribution in [0.25, 0.3) is 6.08 Å². The molecule has 0 saturated carbocycles. The summed E-state index contributed by atoms with van der Waals surface area (Å²) in [7, 11) is 1.52. The SMILES string of the molecule is COc1c(C=CC(N=O)c2ccccc2O)cc(C)c(C(=O)OC(C)C)c1C. The minimum absolute atomic E-state index is 0.00264. The molecule has 6 heteroatoms. The van der Waals surface area contributed by atoms with Gasteiger partial charge in [-0.1, -0.05) is 35.5 Å². The Bertz CT molecular complexity index is 902. The van der Waals surface area contributed by atoms with Crippen LogP contribution in [0.4, 0.5) is 0 Å². The molecule has 0 radical (unpaired) electrons.